The van der Waals surface area contributed by atoms with E-state index in [1.54, 1.807) is 6.92 Å². The molecule has 3 atom stereocenters. The average Bonchev–Trinajstić information content (AvgIpc) is 2.53. The van der Waals surface area contributed by atoms with E-state index in [9.17, 15) is 9.90 Å². The van der Waals surface area contributed by atoms with E-state index in [0.29, 0.717) is 18.8 Å². The first-order chi connectivity index (χ1) is 5.01. The number of aliphatic hydroxyl groups is 1. The van der Waals surface area contributed by atoms with Gasteiger partial charge in [0.05, 0.1) is 11.0 Å². The lowest BCUT2D eigenvalue weighted by atomic mass is 9.87. The molecule has 2 heteroatoms. The van der Waals surface area contributed by atoms with Crippen LogP contribution in [0, 0.1) is 11.3 Å². The largest absolute Gasteiger partial charge is 0.389 e. The van der Waals surface area contributed by atoms with Gasteiger partial charge in [-0.25, -0.2) is 0 Å². The fourth-order valence-corrected chi connectivity index (χ4v) is 2.67. The minimum atomic E-state index is -0.705. The molecule has 2 fully saturated rings. The highest BCUT2D eigenvalue weighted by Gasteiger charge is 2.69. The highest BCUT2D eigenvalue weighted by molar-refractivity contribution is 5.91. The molecule has 2 saturated carbocycles. The van der Waals surface area contributed by atoms with Gasteiger partial charge in [0.2, 0.25) is 0 Å². The van der Waals surface area contributed by atoms with Crippen LogP contribution < -0.4 is 0 Å². The Morgan fingerprint density at radius 3 is 2.36 bits per heavy atom. The first-order valence-corrected chi connectivity index (χ1v) is 4.26. The first-order valence-electron chi connectivity index (χ1n) is 4.26. The van der Waals surface area contributed by atoms with Crippen LogP contribution in [0.1, 0.15) is 33.1 Å². The van der Waals surface area contributed by atoms with Gasteiger partial charge in [0.15, 0.2) is 0 Å². The van der Waals surface area contributed by atoms with Gasteiger partial charge in [-0.15, -0.1) is 0 Å². The maximum absolute atomic E-state index is 11.4. The Labute approximate surface area is 66.6 Å². The molecular formula is C9H14O2. The minimum absolute atomic E-state index is 0.287. The number of Topliss-reactive ketones (excluding diaryl/α,β-unsaturated/α-hetero) is 1. The third-order valence-electron chi connectivity index (χ3n) is 3.61. The molecule has 0 aliphatic heterocycles. The number of carbonyl (C=O) groups is 1. The zero-order valence-electron chi connectivity index (χ0n) is 7.05. The highest BCUT2D eigenvalue weighted by Crippen LogP contribution is 2.65. The van der Waals surface area contributed by atoms with Gasteiger partial charge in [0, 0.05) is 6.42 Å². The smallest absolute Gasteiger partial charge is 0.142 e. The lowest BCUT2D eigenvalue weighted by Crippen LogP contribution is -2.35. The summed E-state index contributed by atoms with van der Waals surface area (Å²) >= 11 is 0. The monoisotopic (exact) mass is 154 g/mol. The van der Waals surface area contributed by atoms with Crippen molar-refractivity contribution in [2.24, 2.45) is 11.3 Å². The van der Waals surface area contributed by atoms with Crippen LogP contribution in [0.5, 0.6) is 0 Å². The summed E-state index contributed by atoms with van der Waals surface area (Å²) in [5, 5.41) is 9.90. The van der Waals surface area contributed by atoms with Crippen LogP contribution in [0.4, 0.5) is 0 Å². The summed E-state index contributed by atoms with van der Waals surface area (Å²) in [6.45, 7) is 3.86. The second-order valence-corrected chi connectivity index (χ2v) is 4.27. The summed E-state index contributed by atoms with van der Waals surface area (Å²) in [7, 11) is 0. The van der Waals surface area contributed by atoms with Gasteiger partial charge < -0.3 is 5.11 Å². The van der Waals surface area contributed by atoms with Crippen molar-refractivity contribution in [1.29, 1.82) is 0 Å². The standard InChI is InChI=1S/C9H14O2/c1-6-5-9(6)7(10)3-4-8(9,2)11/h6,11H,3-5H2,1-2H3/t6-,8+,9-/m1/s1. The van der Waals surface area contributed by atoms with E-state index < -0.39 is 5.60 Å². The molecule has 0 aromatic carbocycles. The Morgan fingerprint density at radius 2 is 2.18 bits per heavy atom. The van der Waals surface area contributed by atoms with Crippen LogP contribution in [0.25, 0.3) is 0 Å². The van der Waals surface area contributed by atoms with E-state index in [1.165, 1.54) is 0 Å². The third kappa shape index (κ3) is 0.639. The van der Waals surface area contributed by atoms with E-state index in [4.69, 9.17) is 0 Å². The number of hydrogen-bond donors (Lipinski definition) is 1. The van der Waals surface area contributed by atoms with E-state index in [0.717, 1.165) is 6.42 Å². The molecule has 0 aromatic heterocycles. The molecule has 62 valence electrons. The Kier molecular flexibility index (Phi) is 1.12. The van der Waals surface area contributed by atoms with Gasteiger partial charge >= 0.3 is 0 Å². The predicted molar refractivity (Wildman–Crippen MR) is 41.1 cm³/mol. The minimum Gasteiger partial charge on any atom is -0.389 e. The molecule has 0 unspecified atom stereocenters. The molecule has 1 spiro atoms. The van der Waals surface area contributed by atoms with Gasteiger partial charge in [0.1, 0.15) is 5.78 Å². The number of ketones is 1. The second-order valence-electron chi connectivity index (χ2n) is 4.27. The van der Waals surface area contributed by atoms with Gasteiger partial charge in [-0.1, -0.05) is 6.92 Å². The van der Waals surface area contributed by atoms with Crippen LogP contribution in [0.2, 0.25) is 0 Å². The molecule has 0 saturated heterocycles. The predicted octanol–water partition coefficient (Wildman–Crippen LogP) is 1.13. The normalized spacial score (nSPS) is 55.5. The fraction of sp³-hybridized carbons (Fsp3) is 0.889. The molecule has 0 bridgehead atoms. The zero-order chi connectivity index (χ0) is 8.28. The van der Waals surface area contributed by atoms with Crippen molar-refractivity contribution in [3.05, 3.63) is 0 Å². The molecule has 11 heavy (non-hydrogen) atoms. The molecule has 2 nitrogen and oxygen atoms in total. The Bertz CT molecular complexity index is 220. The van der Waals surface area contributed by atoms with E-state index >= 15 is 0 Å². The SMILES string of the molecule is C[C@@H]1C[C@]12C(=O)CC[C@]2(C)O. The third-order valence-corrected chi connectivity index (χ3v) is 3.61. The average molecular weight is 154 g/mol. The highest BCUT2D eigenvalue weighted by atomic mass is 16.3. The Hall–Kier alpha value is -0.370. The Morgan fingerprint density at radius 1 is 1.64 bits per heavy atom. The van der Waals surface area contributed by atoms with Crippen LogP contribution in [-0.2, 0) is 4.79 Å². The summed E-state index contributed by atoms with van der Waals surface area (Å²) < 4.78 is 0. The fourth-order valence-electron chi connectivity index (χ4n) is 2.67. The van der Waals surface area contributed by atoms with Crippen LogP contribution in [0.3, 0.4) is 0 Å². The quantitative estimate of drug-likeness (QED) is 0.568. The van der Waals surface area contributed by atoms with E-state index in [-0.39, 0.29) is 11.2 Å². The number of rotatable bonds is 0. The molecule has 0 heterocycles. The number of hydrogen-bond acceptors (Lipinski definition) is 2. The van der Waals surface area contributed by atoms with Crippen molar-refractivity contribution in [2.75, 3.05) is 0 Å². The first kappa shape index (κ1) is 7.29. The molecule has 2 aliphatic carbocycles. The molecule has 1 N–H and O–H groups in total. The summed E-state index contributed by atoms with van der Waals surface area (Å²) in [5.74, 6) is 0.697. The molecule has 0 radical (unpaired) electrons. The topological polar surface area (TPSA) is 37.3 Å². The second kappa shape index (κ2) is 1.69. The van der Waals surface area contributed by atoms with Gasteiger partial charge in [-0.3, -0.25) is 4.79 Å². The van der Waals surface area contributed by atoms with Crippen molar-refractivity contribution < 1.29 is 9.90 Å². The van der Waals surface area contributed by atoms with Crippen molar-refractivity contribution in [1.82, 2.24) is 0 Å². The van der Waals surface area contributed by atoms with Crippen LogP contribution in [-0.4, -0.2) is 16.5 Å². The van der Waals surface area contributed by atoms with Gasteiger partial charge in [-0.05, 0) is 25.7 Å². The van der Waals surface area contributed by atoms with E-state index in [2.05, 4.69) is 6.92 Å². The zero-order valence-corrected chi connectivity index (χ0v) is 7.05. The summed E-state index contributed by atoms with van der Waals surface area (Å²) in [5.41, 5.74) is -1.03. The summed E-state index contributed by atoms with van der Waals surface area (Å²) in [6, 6.07) is 0. The molecule has 2 rings (SSSR count). The van der Waals surface area contributed by atoms with Crippen molar-refractivity contribution in [3.63, 3.8) is 0 Å². The molecule has 2 aliphatic rings. The van der Waals surface area contributed by atoms with Gasteiger partial charge in [0.25, 0.3) is 0 Å². The van der Waals surface area contributed by atoms with Crippen molar-refractivity contribution in [2.45, 2.75) is 38.7 Å². The summed E-state index contributed by atoms with van der Waals surface area (Å²) in [6.07, 6.45) is 2.15. The summed E-state index contributed by atoms with van der Waals surface area (Å²) in [4.78, 5) is 11.4. The maximum atomic E-state index is 11.4. The molecular weight excluding hydrogens is 140 g/mol. The van der Waals surface area contributed by atoms with Crippen LogP contribution in [0.15, 0.2) is 0 Å². The van der Waals surface area contributed by atoms with Crippen molar-refractivity contribution in [3.8, 4) is 0 Å². The molecule has 0 aromatic rings. The molecule has 0 amide bonds. The number of carbonyl (C=O) groups excluding carboxylic acids is 1. The lowest BCUT2D eigenvalue weighted by Gasteiger charge is -2.24. The lowest BCUT2D eigenvalue weighted by molar-refractivity contribution is -0.127. The van der Waals surface area contributed by atoms with Gasteiger partial charge in [-0.2, -0.15) is 0 Å². The van der Waals surface area contributed by atoms with Crippen LogP contribution >= 0.6 is 0 Å². The Balaban J connectivity index is 2.36. The van der Waals surface area contributed by atoms with E-state index in [1.807, 2.05) is 0 Å². The van der Waals surface area contributed by atoms with Crippen molar-refractivity contribution >= 4 is 5.78 Å². The maximum Gasteiger partial charge on any atom is 0.142 e.